The molecule has 1 aromatic rings. The number of benzene rings is 1. The van der Waals surface area contributed by atoms with Crippen molar-refractivity contribution in [2.24, 2.45) is 0 Å². The van der Waals surface area contributed by atoms with E-state index >= 15 is 0 Å². The normalized spacial score (nSPS) is 9.72. The highest BCUT2D eigenvalue weighted by Gasteiger charge is 2.08. The first kappa shape index (κ1) is 14.8. The van der Waals surface area contributed by atoms with Crippen LogP contribution in [0.1, 0.15) is 0 Å². The number of rotatable bonds is 5. The average Bonchev–Trinajstić information content (AvgIpc) is 2.34. The molecule has 0 saturated heterocycles. The maximum atomic E-state index is 11.3. The molecule has 1 rings (SSSR count). The SMILES string of the molecule is COC(=O)CNC(=O)COc1ccc(Br)cc1Cl. The molecule has 0 aliphatic rings. The van der Waals surface area contributed by atoms with Gasteiger partial charge in [0.1, 0.15) is 12.3 Å². The molecule has 0 spiro atoms. The molecule has 0 heterocycles. The third-order valence-electron chi connectivity index (χ3n) is 1.91. The van der Waals surface area contributed by atoms with Crippen LogP contribution in [0.4, 0.5) is 0 Å². The van der Waals surface area contributed by atoms with E-state index in [1.165, 1.54) is 7.11 Å². The summed E-state index contributed by atoms with van der Waals surface area (Å²) >= 11 is 9.16. The lowest BCUT2D eigenvalue weighted by molar-refractivity contribution is -0.141. The van der Waals surface area contributed by atoms with Crippen molar-refractivity contribution >= 4 is 39.4 Å². The molecule has 0 saturated carbocycles. The molecule has 0 fully saturated rings. The lowest BCUT2D eigenvalue weighted by Crippen LogP contribution is -2.33. The Bertz CT molecular complexity index is 453. The first-order valence-corrected chi connectivity index (χ1v) is 6.11. The van der Waals surface area contributed by atoms with Gasteiger partial charge in [0, 0.05) is 4.47 Å². The Morgan fingerprint density at radius 2 is 2.17 bits per heavy atom. The molecule has 18 heavy (non-hydrogen) atoms. The van der Waals surface area contributed by atoms with E-state index in [-0.39, 0.29) is 13.2 Å². The second-order valence-corrected chi connectivity index (χ2v) is 4.54. The van der Waals surface area contributed by atoms with Gasteiger partial charge >= 0.3 is 5.97 Å². The van der Waals surface area contributed by atoms with Crippen molar-refractivity contribution < 1.29 is 19.1 Å². The Morgan fingerprint density at radius 3 is 2.78 bits per heavy atom. The zero-order valence-electron chi connectivity index (χ0n) is 9.54. The third kappa shape index (κ3) is 4.93. The van der Waals surface area contributed by atoms with Crippen LogP contribution in [0.3, 0.4) is 0 Å². The fourth-order valence-electron chi connectivity index (χ4n) is 1.03. The van der Waals surface area contributed by atoms with Crippen molar-refractivity contribution in [3.05, 3.63) is 27.7 Å². The highest BCUT2D eigenvalue weighted by atomic mass is 79.9. The Balaban J connectivity index is 2.40. The molecule has 98 valence electrons. The summed E-state index contributed by atoms with van der Waals surface area (Å²) in [6, 6.07) is 5.04. The fourth-order valence-corrected chi connectivity index (χ4v) is 1.76. The molecular weight excluding hydrogens is 325 g/mol. The highest BCUT2D eigenvalue weighted by Crippen LogP contribution is 2.27. The standard InChI is InChI=1S/C11H11BrClNO4/c1-17-11(16)5-14-10(15)6-18-9-3-2-7(12)4-8(9)13/h2-4H,5-6H2,1H3,(H,14,15). The second kappa shape index (κ2) is 7.23. The van der Waals surface area contributed by atoms with E-state index in [1.54, 1.807) is 18.2 Å². The monoisotopic (exact) mass is 335 g/mol. The Hall–Kier alpha value is -1.27. The number of halogens is 2. The van der Waals surface area contributed by atoms with Gasteiger partial charge in [0.15, 0.2) is 6.61 Å². The molecule has 1 amide bonds. The zero-order valence-corrected chi connectivity index (χ0v) is 11.9. The van der Waals surface area contributed by atoms with Crippen LogP contribution >= 0.6 is 27.5 Å². The zero-order chi connectivity index (χ0) is 13.5. The van der Waals surface area contributed by atoms with E-state index in [1.807, 2.05) is 0 Å². The summed E-state index contributed by atoms with van der Waals surface area (Å²) in [6.07, 6.45) is 0. The number of nitrogens with one attached hydrogen (secondary N) is 1. The van der Waals surface area contributed by atoms with Crippen molar-refractivity contribution in [1.29, 1.82) is 0 Å². The van der Waals surface area contributed by atoms with E-state index < -0.39 is 11.9 Å². The molecule has 1 aromatic carbocycles. The quantitative estimate of drug-likeness (QED) is 0.832. The lowest BCUT2D eigenvalue weighted by Gasteiger charge is -2.08. The average molecular weight is 337 g/mol. The van der Waals surface area contributed by atoms with E-state index in [2.05, 4.69) is 26.0 Å². The van der Waals surface area contributed by atoms with Gasteiger partial charge in [-0.15, -0.1) is 0 Å². The van der Waals surface area contributed by atoms with Crippen LogP contribution in [-0.4, -0.2) is 32.1 Å². The van der Waals surface area contributed by atoms with Gasteiger partial charge in [0.05, 0.1) is 12.1 Å². The molecule has 0 aromatic heterocycles. The van der Waals surface area contributed by atoms with Crippen molar-refractivity contribution in [1.82, 2.24) is 5.32 Å². The number of amides is 1. The minimum atomic E-state index is -0.523. The van der Waals surface area contributed by atoms with Crippen LogP contribution in [0.15, 0.2) is 22.7 Å². The van der Waals surface area contributed by atoms with Gasteiger partial charge in [0.2, 0.25) is 0 Å². The smallest absolute Gasteiger partial charge is 0.325 e. The van der Waals surface area contributed by atoms with E-state index in [0.29, 0.717) is 10.8 Å². The molecule has 1 N–H and O–H groups in total. The first-order valence-electron chi connectivity index (χ1n) is 4.94. The minimum Gasteiger partial charge on any atom is -0.482 e. The Morgan fingerprint density at radius 1 is 1.44 bits per heavy atom. The molecule has 5 nitrogen and oxygen atoms in total. The molecule has 0 atom stereocenters. The van der Waals surface area contributed by atoms with Crippen LogP contribution in [0.25, 0.3) is 0 Å². The molecular formula is C11H11BrClNO4. The van der Waals surface area contributed by atoms with Crippen LogP contribution < -0.4 is 10.1 Å². The lowest BCUT2D eigenvalue weighted by atomic mass is 10.3. The second-order valence-electron chi connectivity index (χ2n) is 3.22. The number of ether oxygens (including phenoxy) is 2. The minimum absolute atomic E-state index is 0.188. The molecule has 0 bridgehead atoms. The predicted octanol–water partition coefficient (Wildman–Crippen LogP) is 1.77. The summed E-state index contributed by atoms with van der Waals surface area (Å²) in [5, 5.41) is 2.74. The number of esters is 1. The maximum absolute atomic E-state index is 11.3. The summed E-state index contributed by atoms with van der Waals surface area (Å²) in [5.74, 6) is -0.558. The number of methoxy groups -OCH3 is 1. The van der Waals surface area contributed by atoms with Gasteiger partial charge in [-0.05, 0) is 18.2 Å². The van der Waals surface area contributed by atoms with E-state index in [9.17, 15) is 9.59 Å². The number of carbonyl (C=O) groups is 2. The summed E-state index contributed by atoms with van der Waals surface area (Å²) in [5.41, 5.74) is 0. The third-order valence-corrected chi connectivity index (χ3v) is 2.70. The van der Waals surface area contributed by atoms with Crippen LogP contribution in [0, 0.1) is 0 Å². The summed E-state index contributed by atoms with van der Waals surface area (Å²) in [7, 11) is 1.24. The van der Waals surface area contributed by atoms with Crippen LogP contribution in [-0.2, 0) is 14.3 Å². The highest BCUT2D eigenvalue weighted by molar-refractivity contribution is 9.10. The van der Waals surface area contributed by atoms with Crippen LogP contribution in [0.2, 0.25) is 5.02 Å². The Labute approximate surface area is 118 Å². The predicted molar refractivity (Wildman–Crippen MR) is 69.7 cm³/mol. The van der Waals surface area contributed by atoms with Crippen molar-refractivity contribution in [2.75, 3.05) is 20.3 Å². The fraction of sp³-hybridized carbons (Fsp3) is 0.273. The van der Waals surface area contributed by atoms with Gasteiger partial charge in [-0.2, -0.15) is 0 Å². The van der Waals surface area contributed by atoms with E-state index in [0.717, 1.165) is 4.47 Å². The molecule has 7 heteroatoms. The molecule has 0 aliphatic heterocycles. The Kier molecular flexibility index (Phi) is 5.94. The van der Waals surface area contributed by atoms with Crippen molar-refractivity contribution in [3.8, 4) is 5.75 Å². The van der Waals surface area contributed by atoms with Gasteiger partial charge in [0.25, 0.3) is 5.91 Å². The van der Waals surface area contributed by atoms with Crippen LogP contribution in [0.5, 0.6) is 5.75 Å². The van der Waals surface area contributed by atoms with Gasteiger partial charge in [-0.1, -0.05) is 27.5 Å². The maximum Gasteiger partial charge on any atom is 0.325 e. The van der Waals surface area contributed by atoms with Gasteiger partial charge in [-0.25, -0.2) is 0 Å². The number of hydrogen-bond acceptors (Lipinski definition) is 4. The summed E-state index contributed by atoms with van der Waals surface area (Å²) in [6.45, 7) is -0.412. The topological polar surface area (TPSA) is 64.6 Å². The number of hydrogen-bond donors (Lipinski definition) is 1. The molecule has 0 aliphatic carbocycles. The summed E-state index contributed by atoms with van der Waals surface area (Å²) in [4.78, 5) is 22.1. The van der Waals surface area contributed by atoms with E-state index in [4.69, 9.17) is 16.3 Å². The van der Waals surface area contributed by atoms with Crippen molar-refractivity contribution in [2.45, 2.75) is 0 Å². The molecule has 0 unspecified atom stereocenters. The van der Waals surface area contributed by atoms with Crippen molar-refractivity contribution in [3.63, 3.8) is 0 Å². The largest absolute Gasteiger partial charge is 0.482 e. The number of carbonyl (C=O) groups excluding carboxylic acids is 2. The summed E-state index contributed by atoms with van der Waals surface area (Å²) < 4.78 is 10.4. The van der Waals surface area contributed by atoms with Gasteiger partial charge in [-0.3, -0.25) is 9.59 Å². The molecule has 0 radical (unpaired) electrons. The van der Waals surface area contributed by atoms with Gasteiger partial charge < -0.3 is 14.8 Å². The first-order chi connectivity index (χ1) is 8.52.